The third-order valence-electron chi connectivity index (χ3n) is 4.28. The van der Waals surface area contributed by atoms with Crippen molar-refractivity contribution in [3.63, 3.8) is 0 Å². The molecule has 0 amide bonds. The van der Waals surface area contributed by atoms with E-state index >= 15 is 0 Å². The molecule has 2 rings (SSSR count). The van der Waals surface area contributed by atoms with Gasteiger partial charge in [-0.05, 0) is 42.9 Å². The van der Waals surface area contributed by atoms with Gasteiger partial charge >= 0.3 is 6.18 Å². The maximum Gasteiger partial charge on any atom is 0.417 e. The summed E-state index contributed by atoms with van der Waals surface area (Å²) in [5.74, 6) is 1.31. The number of nitriles is 1. The molecule has 0 saturated carbocycles. The Balaban J connectivity index is 2.18. The first-order valence-corrected chi connectivity index (χ1v) is 7.19. The predicted octanol–water partition coefficient (Wildman–Crippen LogP) is 4.45. The van der Waals surface area contributed by atoms with Gasteiger partial charge in [0, 0.05) is 18.8 Å². The Morgan fingerprint density at radius 2 is 1.86 bits per heavy atom. The minimum absolute atomic E-state index is 0.300. The van der Waals surface area contributed by atoms with Crippen molar-refractivity contribution >= 4 is 5.69 Å². The second-order valence-electron chi connectivity index (χ2n) is 5.91. The summed E-state index contributed by atoms with van der Waals surface area (Å²) < 4.78 is 38.4. The van der Waals surface area contributed by atoms with Crippen LogP contribution in [0.25, 0.3) is 0 Å². The topological polar surface area (TPSA) is 27.0 Å². The van der Waals surface area contributed by atoms with Gasteiger partial charge in [-0.25, -0.2) is 0 Å². The van der Waals surface area contributed by atoms with Gasteiger partial charge in [0.25, 0.3) is 0 Å². The van der Waals surface area contributed by atoms with Crippen LogP contribution >= 0.6 is 0 Å². The lowest BCUT2D eigenvalue weighted by atomic mass is 9.86. The molecule has 0 N–H and O–H groups in total. The third-order valence-corrected chi connectivity index (χ3v) is 4.28. The molecule has 1 saturated heterocycles. The maximum atomic E-state index is 12.8. The molecule has 1 aromatic rings. The lowest BCUT2D eigenvalue weighted by molar-refractivity contribution is -0.137. The van der Waals surface area contributed by atoms with Crippen molar-refractivity contribution in [3.8, 4) is 6.07 Å². The normalized spacial score (nSPS) is 17.1. The Hall–Kier alpha value is -1.70. The van der Waals surface area contributed by atoms with Gasteiger partial charge in [-0.15, -0.1) is 0 Å². The van der Waals surface area contributed by atoms with Crippen molar-refractivity contribution in [3.05, 3.63) is 29.3 Å². The van der Waals surface area contributed by atoms with Crippen LogP contribution in [0.3, 0.4) is 0 Å². The lowest BCUT2D eigenvalue weighted by Gasteiger charge is -2.35. The van der Waals surface area contributed by atoms with E-state index in [2.05, 4.69) is 18.7 Å². The van der Waals surface area contributed by atoms with Crippen LogP contribution in [-0.2, 0) is 6.18 Å². The van der Waals surface area contributed by atoms with Crippen LogP contribution < -0.4 is 4.90 Å². The zero-order valence-electron chi connectivity index (χ0n) is 12.2. The smallest absolute Gasteiger partial charge is 0.371 e. The molecule has 0 aliphatic carbocycles. The summed E-state index contributed by atoms with van der Waals surface area (Å²) in [4.78, 5) is 2.07. The van der Waals surface area contributed by atoms with Gasteiger partial charge in [0.15, 0.2) is 0 Å². The summed E-state index contributed by atoms with van der Waals surface area (Å²) in [6.07, 6.45) is -2.39. The fourth-order valence-electron chi connectivity index (χ4n) is 2.89. The van der Waals surface area contributed by atoms with Crippen molar-refractivity contribution in [1.82, 2.24) is 0 Å². The van der Waals surface area contributed by atoms with Gasteiger partial charge in [-0.2, -0.15) is 18.4 Å². The quantitative estimate of drug-likeness (QED) is 0.806. The Bertz CT molecular complexity index is 535. The Kier molecular flexibility index (Phi) is 4.46. The highest BCUT2D eigenvalue weighted by Gasteiger charge is 2.34. The number of benzene rings is 1. The van der Waals surface area contributed by atoms with E-state index in [9.17, 15) is 13.2 Å². The molecule has 0 bridgehead atoms. The number of nitrogens with zero attached hydrogens (tertiary/aromatic N) is 2. The van der Waals surface area contributed by atoms with E-state index in [1.54, 1.807) is 6.07 Å². The van der Waals surface area contributed by atoms with Crippen LogP contribution in [0.2, 0.25) is 0 Å². The highest BCUT2D eigenvalue weighted by atomic mass is 19.4. The Labute approximate surface area is 123 Å². The SMILES string of the molecule is CC(C)C1CCN(c2ccc(C(F)(F)F)c(C#N)c2)CC1. The average molecular weight is 296 g/mol. The molecule has 1 aliphatic heterocycles. The van der Waals surface area contributed by atoms with Crippen LogP contribution in [-0.4, -0.2) is 13.1 Å². The van der Waals surface area contributed by atoms with Gasteiger partial charge in [0.05, 0.1) is 17.2 Å². The molecule has 0 spiro atoms. The molecule has 0 aromatic heterocycles. The molecular weight excluding hydrogens is 277 g/mol. The summed E-state index contributed by atoms with van der Waals surface area (Å²) in [7, 11) is 0. The van der Waals surface area contributed by atoms with Gasteiger partial charge < -0.3 is 4.90 Å². The number of halogens is 3. The largest absolute Gasteiger partial charge is 0.417 e. The molecule has 1 fully saturated rings. The molecule has 0 unspecified atom stereocenters. The van der Waals surface area contributed by atoms with Crippen LogP contribution in [0.1, 0.15) is 37.8 Å². The third kappa shape index (κ3) is 3.49. The molecular formula is C16H19F3N2. The Morgan fingerprint density at radius 3 is 2.33 bits per heavy atom. The van der Waals surface area contributed by atoms with E-state index in [4.69, 9.17) is 5.26 Å². The fraction of sp³-hybridized carbons (Fsp3) is 0.562. The summed E-state index contributed by atoms with van der Waals surface area (Å²) >= 11 is 0. The first-order valence-electron chi connectivity index (χ1n) is 7.19. The van der Waals surface area contributed by atoms with Crippen molar-refractivity contribution in [2.45, 2.75) is 32.9 Å². The average Bonchev–Trinajstić information content (AvgIpc) is 2.45. The van der Waals surface area contributed by atoms with Crippen molar-refractivity contribution in [2.75, 3.05) is 18.0 Å². The fourth-order valence-corrected chi connectivity index (χ4v) is 2.89. The van der Waals surface area contributed by atoms with Crippen LogP contribution in [0.5, 0.6) is 0 Å². The minimum atomic E-state index is -4.48. The van der Waals surface area contributed by atoms with E-state index in [-0.39, 0.29) is 5.56 Å². The number of hydrogen-bond acceptors (Lipinski definition) is 2. The van der Waals surface area contributed by atoms with Crippen molar-refractivity contribution < 1.29 is 13.2 Å². The standard InChI is InChI=1S/C16H19F3N2/c1-11(2)12-5-7-21(8-6-12)14-3-4-15(16(17,18)19)13(9-14)10-20/h3-4,9,11-12H,5-8H2,1-2H3. The van der Waals surface area contributed by atoms with E-state index in [0.29, 0.717) is 17.5 Å². The molecule has 0 radical (unpaired) electrons. The molecule has 5 heteroatoms. The van der Waals surface area contributed by atoms with E-state index < -0.39 is 11.7 Å². The van der Waals surface area contributed by atoms with Crippen LogP contribution in [0.15, 0.2) is 18.2 Å². The molecule has 1 heterocycles. The maximum absolute atomic E-state index is 12.8. The summed E-state index contributed by atoms with van der Waals surface area (Å²) in [6.45, 7) is 6.07. The molecule has 1 aliphatic rings. The van der Waals surface area contributed by atoms with Crippen molar-refractivity contribution in [2.24, 2.45) is 11.8 Å². The zero-order chi connectivity index (χ0) is 15.6. The van der Waals surface area contributed by atoms with Crippen LogP contribution in [0, 0.1) is 23.2 Å². The van der Waals surface area contributed by atoms with E-state index in [1.807, 2.05) is 0 Å². The predicted molar refractivity (Wildman–Crippen MR) is 75.9 cm³/mol. The number of rotatable bonds is 2. The second kappa shape index (κ2) is 5.97. The van der Waals surface area contributed by atoms with E-state index in [1.165, 1.54) is 12.1 Å². The first kappa shape index (κ1) is 15.7. The molecule has 2 nitrogen and oxygen atoms in total. The summed E-state index contributed by atoms with van der Waals surface area (Å²) in [5.41, 5.74) is -0.446. The molecule has 21 heavy (non-hydrogen) atoms. The molecule has 114 valence electrons. The number of hydrogen-bond donors (Lipinski definition) is 0. The number of anilines is 1. The van der Waals surface area contributed by atoms with Gasteiger partial charge in [-0.1, -0.05) is 13.8 Å². The highest BCUT2D eigenvalue weighted by molar-refractivity contribution is 5.55. The van der Waals surface area contributed by atoms with E-state index in [0.717, 1.165) is 32.0 Å². The summed E-state index contributed by atoms with van der Waals surface area (Å²) in [6, 6.07) is 5.51. The number of piperidine rings is 1. The highest BCUT2D eigenvalue weighted by Crippen LogP contribution is 2.35. The van der Waals surface area contributed by atoms with Crippen LogP contribution in [0.4, 0.5) is 18.9 Å². The first-order chi connectivity index (χ1) is 9.82. The molecule has 1 aromatic carbocycles. The van der Waals surface area contributed by atoms with Gasteiger partial charge in [0.2, 0.25) is 0 Å². The van der Waals surface area contributed by atoms with Gasteiger partial charge in [0.1, 0.15) is 0 Å². The van der Waals surface area contributed by atoms with Crippen molar-refractivity contribution in [1.29, 1.82) is 5.26 Å². The molecule has 0 atom stereocenters. The second-order valence-corrected chi connectivity index (χ2v) is 5.91. The monoisotopic (exact) mass is 296 g/mol. The summed E-state index contributed by atoms with van der Waals surface area (Å²) in [5, 5.41) is 8.95. The minimum Gasteiger partial charge on any atom is -0.371 e. The number of alkyl halides is 3. The Morgan fingerprint density at radius 1 is 1.24 bits per heavy atom. The zero-order valence-corrected chi connectivity index (χ0v) is 12.2. The lowest BCUT2D eigenvalue weighted by Crippen LogP contribution is -2.35. The van der Waals surface area contributed by atoms with Gasteiger partial charge in [-0.3, -0.25) is 0 Å².